The van der Waals surface area contributed by atoms with E-state index in [0.717, 1.165) is 23.9 Å². The molecule has 0 aromatic carbocycles. The molecule has 0 saturated heterocycles. The standard InChI is InChI=1S/C14H23N3O2/c1-6-17(8-7-13(18)19-5)12-9-11(4)15-14(16-12)10(2)3/h9-10H,6-8H2,1-5H3. The van der Waals surface area contributed by atoms with Crippen molar-refractivity contribution in [1.29, 1.82) is 0 Å². The molecular formula is C14H23N3O2. The van der Waals surface area contributed by atoms with E-state index in [2.05, 4.69) is 33.5 Å². The fraction of sp³-hybridized carbons (Fsp3) is 0.643. The summed E-state index contributed by atoms with van der Waals surface area (Å²) in [6.45, 7) is 9.56. The van der Waals surface area contributed by atoms with E-state index in [4.69, 9.17) is 0 Å². The SMILES string of the molecule is CCN(CCC(=O)OC)c1cc(C)nc(C(C)C)n1. The minimum atomic E-state index is -0.201. The molecule has 0 bridgehead atoms. The molecule has 0 unspecified atom stereocenters. The number of rotatable bonds is 6. The zero-order valence-corrected chi connectivity index (χ0v) is 12.4. The van der Waals surface area contributed by atoms with Crippen molar-refractivity contribution in [2.45, 2.75) is 40.0 Å². The van der Waals surface area contributed by atoms with Gasteiger partial charge < -0.3 is 9.64 Å². The second-order valence-corrected chi connectivity index (χ2v) is 4.79. The minimum Gasteiger partial charge on any atom is -0.469 e. The lowest BCUT2D eigenvalue weighted by Crippen LogP contribution is -2.27. The predicted octanol–water partition coefficient (Wildman–Crippen LogP) is 2.30. The maximum atomic E-state index is 11.2. The molecular weight excluding hydrogens is 242 g/mol. The number of hydrogen-bond acceptors (Lipinski definition) is 5. The van der Waals surface area contributed by atoms with Gasteiger partial charge in [0.25, 0.3) is 0 Å². The number of carbonyl (C=O) groups excluding carboxylic acids is 1. The number of methoxy groups -OCH3 is 1. The quantitative estimate of drug-likeness (QED) is 0.739. The lowest BCUT2D eigenvalue weighted by atomic mass is 10.2. The Morgan fingerprint density at radius 2 is 2.11 bits per heavy atom. The van der Waals surface area contributed by atoms with E-state index < -0.39 is 0 Å². The molecule has 0 radical (unpaired) electrons. The van der Waals surface area contributed by atoms with Gasteiger partial charge in [0.2, 0.25) is 0 Å². The van der Waals surface area contributed by atoms with Gasteiger partial charge in [-0.15, -0.1) is 0 Å². The fourth-order valence-corrected chi connectivity index (χ4v) is 1.76. The molecule has 5 nitrogen and oxygen atoms in total. The van der Waals surface area contributed by atoms with Crippen LogP contribution in [-0.4, -0.2) is 36.1 Å². The summed E-state index contributed by atoms with van der Waals surface area (Å²) in [5.41, 5.74) is 0.949. The van der Waals surface area contributed by atoms with Gasteiger partial charge in [0.05, 0.1) is 13.5 Å². The number of carbonyl (C=O) groups is 1. The second-order valence-electron chi connectivity index (χ2n) is 4.79. The number of hydrogen-bond donors (Lipinski definition) is 0. The number of nitrogens with zero attached hydrogens (tertiary/aromatic N) is 3. The van der Waals surface area contributed by atoms with Gasteiger partial charge in [-0.25, -0.2) is 9.97 Å². The van der Waals surface area contributed by atoms with E-state index in [1.165, 1.54) is 7.11 Å². The van der Waals surface area contributed by atoms with Crippen molar-refractivity contribution < 1.29 is 9.53 Å². The van der Waals surface area contributed by atoms with Crippen LogP contribution >= 0.6 is 0 Å². The largest absolute Gasteiger partial charge is 0.469 e. The molecule has 0 spiro atoms. The van der Waals surface area contributed by atoms with Gasteiger partial charge in [0.15, 0.2) is 0 Å². The lowest BCUT2D eigenvalue weighted by molar-refractivity contribution is -0.140. The van der Waals surface area contributed by atoms with Crippen LogP contribution in [0.3, 0.4) is 0 Å². The van der Waals surface area contributed by atoms with Crippen LogP contribution in [-0.2, 0) is 9.53 Å². The summed E-state index contributed by atoms with van der Waals surface area (Å²) < 4.78 is 4.67. The molecule has 0 amide bonds. The average Bonchev–Trinajstić information content (AvgIpc) is 2.38. The van der Waals surface area contributed by atoms with Gasteiger partial charge in [0, 0.05) is 30.8 Å². The van der Waals surface area contributed by atoms with Crippen molar-refractivity contribution >= 4 is 11.8 Å². The van der Waals surface area contributed by atoms with E-state index in [-0.39, 0.29) is 11.9 Å². The Labute approximate surface area is 115 Å². The van der Waals surface area contributed by atoms with E-state index in [1.54, 1.807) is 0 Å². The molecule has 0 aliphatic heterocycles. The second kappa shape index (κ2) is 7.07. The molecule has 1 aromatic rings. The summed E-state index contributed by atoms with van der Waals surface area (Å²) in [7, 11) is 1.41. The average molecular weight is 265 g/mol. The normalized spacial score (nSPS) is 10.6. The molecule has 0 aliphatic carbocycles. The smallest absolute Gasteiger partial charge is 0.307 e. The van der Waals surface area contributed by atoms with Crippen molar-refractivity contribution in [3.63, 3.8) is 0 Å². The Morgan fingerprint density at radius 1 is 1.42 bits per heavy atom. The van der Waals surface area contributed by atoms with Crippen molar-refractivity contribution in [3.05, 3.63) is 17.6 Å². The van der Waals surface area contributed by atoms with E-state index in [1.807, 2.05) is 19.9 Å². The predicted molar refractivity (Wildman–Crippen MR) is 75.4 cm³/mol. The molecule has 0 fully saturated rings. The Bertz CT molecular complexity index is 433. The van der Waals surface area contributed by atoms with Gasteiger partial charge in [0.1, 0.15) is 11.6 Å². The lowest BCUT2D eigenvalue weighted by Gasteiger charge is -2.22. The highest BCUT2D eigenvalue weighted by molar-refractivity contribution is 5.69. The molecule has 0 saturated carbocycles. The summed E-state index contributed by atoms with van der Waals surface area (Å²) in [6.07, 6.45) is 0.365. The van der Waals surface area contributed by atoms with Crippen molar-refractivity contribution in [2.75, 3.05) is 25.1 Å². The maximum absolute atomic E-state index is 11.2. The van der Waals surface area contributed by atoms with Gasteiger partial charge in [-0.05, 0) is 13.8 Å². The van der Waals surface area contributed by atoms with Crippen LogP contribution in [0.25, 0.3) is 0 Å². The van der Waals surface area contributed by atoms with Crippen molar-refractivity contribution in [2.24, 2.45) is 0 Å². The fourth-order valence-electron chi connectivity index (χ4n) is 1.76. The number of anilines is 1. The molecule has 0 atom stereocenters. The Kier molecular flexibility index (Phi) is 5.73. The molecule has 1 heterocycles. The van der Waals surface area contributed by atoms with E-state index >= 15 is 0 Å². The summed E-state index contributed by atoms with van der Waals surface area (Å²) >= 11 is 0. The zero-order chi connectivity index (χ0) is 14.4. The molecule has 0 aliphatic rings. The minimum absolute atomic E-state index is 0.201. The molecule has 1 rings (SSSR count). The Hall–Kier alpha value is -1.65. The van der Waals surface area contributed by atoms with E-state index in [0.29, 0.717) is 13.0 Å². The Morgan fingerprint density at radius 3 is 2.63 bits per heavy atom. The highest BCUT2D eigenvalue weighted by Crippen LogP contribution is 2.17. The van der Waals surface area contributed by atoms with Crippen LogP contribution in [0.1, 0.15) is 44.6 Å². The van der Waals surface area contributed by atoms with Gasteiger partial charge in [-0.2, -0.15) is 0 Å². The van der Waals surface area contributed by atoms with Crippen molar-refractivity contribution in [1.82, 2.24) is 9.97 Å². The first-order chi connectivity index (χ1) is 8.97. The summed E-state index contributed by atoms with van der Waals surface area (Å²) in [4.78, 5) is 22.3. The molecule has 19 heavy (non-hydrogen) atoms. The third-order valence-electron chi connectivity index (χ3n) is 2.89. The van der Waals surface area contributed by atoms with E-state index in [9.17, 15) is 4.79 Å². The first kappa shape index (κ1) is 15.4. The monoisotopic (exact) mass is 265 g/mol. The Balaban J connectivity index is 2.88. The topological polar surface area (TPSA) is 55.3 Å². The third-order valence-corrected chi connectivity index (χ3v) is 2.89. The van der Waals surface area contributed by atoms with Gasteiger partial charge in [-0.3, -0.25) is 4.79 Å². The molecule has 106 valence electrons. The number of aryl methyl sites for hydroxylation is 1. The van der Waals surface area contributed by atoms with Crippen LogP contribution in [0.5, 0.6) is 0 Å². The molecule has 1 aromatic heterocycles. The zero-order valence-electron chi connectivity index (χ0n) is 12.4. The van der Waals surface area contributed by atoms with Crippen LogP contribution in [0.2, 0.25) is 0 Å². The maximum Gasteiger partial charge on any atom is 0.307 e. The summed E-state index contributed by atoms with van der Waals surface area (Å²) in [5.74, 6) is 1.81. The highest BCUT2D eigenvalue weighted by Gasteiger charge is 2.12. The highest BCUT2D eigenvalue weighted by atomic mass is 16.5. The molecule has 0 N–H and O–H groups in total. The number of aromatic nitrogens is 2. The third kappa shape index (κ3) is 4.50. The molecule has 5 heteroatoms. The van der Waals surface area contributed by atoms with Crippen LogP contribution in [0, 0.1) is 6.92 Å². The number of esters is 1. The van der Waals surface area contributed by atoms with Crippen LogP contribution in [0.15, 0.2) is 6.07 Å². The first-order valence-electron chi connectivity index (χ1n) is 6.65. The summed E-state index contributed by atoms with van der Waals surface area (Å²) in [6, 6.07) is 1.95. The number of ether oxygens (including phenoxy) is 1. The van der Waals surface area contributed by atoms with Crippen molar-refractivity contribution in [3.8, 4) is 0 Å². The van der Waals surface area contributed by atoms with Crippen LogP contribution in [0.4, 0.5) is 5.82 Å². The van der Waals surface area contributed by atoms with Gasteiger partial charge >= 0.3 is 5.97 Å². The first-order valence-corrected chi connectivity index (χ1v) is 6.65. The van der Waals surface area contributed by atoms with Crippen LogP contribution < -0.4 is 4.90 Å². The summed E-state index contributed by atoms with van der Waals surface area (Å²) in [5, 5.41) is 0. The van der Waals surface area contributed by atoms with Gasteiger partial charge in [-0.1, -0.05) is 13.8 Å².